The second kappa shape index (κ2) is 11.3. The summed E-state index contributed by atoms with van der Waals surface area (Å²) in [6.07, 6.45) is 11.7. The van der Waals surface area contributed by atoms with Crippen LogP contribution in [0.5, 0.6) is 0 Å². The van der Waals surface area contributed by atoms with Crippen LogP contribution in [0.4, 0.5) is 10.5 Å². The number of carbonyl (C=O) groups excluding carboxylic acids is 2. The zero-order valence-electron chi connectivity index (χ0n) is 19.1. The summed E-state index contributed by atoms with van der Waals surface area (Å²) in [5, 5.41) is 5.80. The molecular formula is C24H38N4O3. The number of aromatic nitrogens is 1. The normalized spacial score (nSPS) is 19.6. The van der Waals surface area contributed by atoms with Crippen LogP contribution in [-0.2, 0) is 9.53 Å². The molecule has 31 heavy (non-hydrogen) atoms. The first kappa shape index (κ1) is 23.4. The zero-order valence-corrected chi connectivity index (χ0v) is 19.1. The van der Waals surface area contributed by atoms with E-state index in [4.69, 9.17) is 4.74 Å². The molecule has 1 aliphatic carbocycles. The van der Waals surface area contributed by atoms with Crippen molar-refractivity contribution in [3.63, 3.8) is 0 Å². The van der Waals surface area contributed by atoms with Crippen molar-refractivity contribution in [2.45, 2.75) is 71.3 Å². The fourth-order valence-corrected chi connectivity index (χ4v) is 4.79. The molecule has 1 aromatic heterocycles. The Kier molecular flexibility index (Phi) is 8.55. The summed E-state index contributed by atoms with van der Waals surface area (Å²) in [5.41, 5.74) is 1.66. The summed E-state index contributed by atoms with van der Waals surface area (Å²) in [6, 6.07) is 4.02. The predicted octanol–water partition coefficient (Wildman–Crippen LogP) is 3.89. The van der Waals surface area contributed by atoms with E-state index in [0.717, 1.165) is 51.6 Å². The van der Waals surface area contributed by atoms with Crippen LogP contribution in [0.15, 0.2) is 24.5 Å². The predicted molar refractivity (Wildman–Crippen MR) is 122 cm³/mol. The molecule has 1 saturated heterocycles. The number of nitrogens with one attached hydrogen (secondary N) is 2. The van der Waals surface area contributed by atoms with Crippen LogP contribution in [0.1, 0.15) is 65.2 Å². The monoisotopic (exact) mass is 430 g/mol. The van der Waals surface area contributed by atoms with Crippen LogP contribution in [0.25, 0.3) is 0 Å². The molecule has 172 valence electrons. The molecule has 1 spiro atoms. The molecule has 3 rings (SSSR count). The number of amides is 2. The summed E-state index contributed by atoms with van der Waals surface area (Å²) in [7, 11) is 0. The molecule has 0 unspecified atom stereocenters. The van der Waals surface area contributed by atoms with Gasteiger partial charge in [0, 0.05) is 49.7 Å². The van der Waals surface area contributed by atoms with Crippen molar-refractivity contribution in [2.24, 2.45) is 11.3 Å². The summed E-state index contributed by atoms with van der Waals surface area (Å²) in [4.78, 5) is 30.9. The zero-order chi connectivity index (χ0) is 22.1. The third-order valence-corrected chi connectivity index (χ3v) is 6.95. The Hall–Kier alpha value is -2.31. The molecule has 1 aliphatic heterocycles. The second-order valence-corrected chi connectivity index (χ2v) is 9.25. The van der Waals surface area contributed by atoms with Gasteiger partial charge in [0.05, 0.1) is 6.61 Å². The third-order valence-electron chi connectivity index (χ3n) is 6.95. The van der Waals surface area contributed by atoms with E-state index in [1.165, 1.54) is 18.5 Å². The lowest BCUT2D eigenvalue weighted by atomic mass is 9.65. The van der Waals surface area contributed by atoms with E-state index in [1.54, 1.807) is 0 Å². The van der Waals surface area contributed by atoms with Crippen LogP contribution >= 0.6 is 0 Å². The van der Waals surface area contributed by atoms with Gasteiger partial charge in [-0.15, -0.1) is 0 Å². The Balaban J connectivity index is 1.35. The molecular weight excluding hydrogens is 392 g/mol. The lowest BCUT2D eigenvalue weighted by Gasteiger charge is -2.46. The maximum Gasteiger partial charge on any atom is 0.407 e. The minimum absolute atomic E-state index is 0.0903. The number of rotatable bonds is 8. The topological polar surface area (TPSA) is 83.6 Å². The number of alkyl carbamates (subject to hydrolysis) is 1. The van der Waals surface area contributed by atoms with Crippen molar-refractivity contribution >= 4 is 17.7 Å². The average Bonchev–Trinajstić information content (AvgIpc) is 2.79. The van der Waals surface area contributed by atoms with E-state index >= 15 is 0 Å². The van der Waals surface area contributed by atoms with Crippen molar-refractivity contribution in [3.8, 4) is 0 Å². The number of hydrogen-bond donors (Lipinski definition) is 2. The van der Waals surface area contributed by atoms with Gasteiger partial charge in [0.1, 0.15) is 0 Å². The highest BCUT2D eigenvalue weighted by molar-refractivity contribution is 5.78. The fraction of sp³-hybridized carbons (Fsp3) is 0.708. The molecule has 2 fully saturated rings. The molecule has 2 amide bonds. The standard InChI is InChI=1S/C24H38N4O3/c1-3-4-17-31-23(30)27-19(2)18-26-22(29)20-5-9-24(10-6-20)11-15-28(16-12-24)21-7-13-25-14-8-21/h7-8,13-14,19-20H,3-6,9-12,15-18H2,1-2H3,(H,26,29)(H,27,30)/t19-/m1/s1. The van der Waals surface area contributed by atoms with E-state index in [2.05, 4.69) is 39.6 Å². The molecule has 2 heterocycles. The van der Waals surface area contributed by atoms with E-state index < -0.39 is 6.09 Å². The van der Waals surface area contributed by atoms with Crippen LogP contribution in [0.3, 0.4) is 0 Å². The first-order chi connectivity index (χ1) is 15.0. The number of piperidine rings is 1. The van der Waals surface area contributed by atoms with Crippen molar-refractivity contribution in [1.82, 2.24) is 15.6 Å². The van der Waals surface area contributed by atoms with E-state index in [9.17, 15) is 9.59 Å². The van der Waals surface area contributed by atoms with Gasteiger partial charge in [0.2, 0.25) is 5.91 Å². The smallest absolute Gasteiger partial charge is 0.407 e. The van der Waals surface area contributed by atoms with Crippen LogP contribution in [-0.4, -0.2) is 49.3 Å². The molecule has 0 bridgehead atoms. The highest BCUT2D eigenvalue weighted by atomic mass is 16.5. The van der Waals surface area contributed by atoms with Crippen LogP contribution in [0.2, 0.25) is 0 Å². The number of hydrogen-bond acceptors (Lipinski definition) is 5. The fourth-order valence-electron chi connectivity index (χ4n) is 4.79. The van der Waals surface area contributed by atoms with Gasteiger partial charge in [-0.05, 0) is 69.4 Å². The summed E-state index contributed by atoms with van der Waals surface area (Å²) < 4.78 is 5.11. The van der Waals surface area contributed by atoms with Crippen molar-refractivity contribution < 1.29 is 14.3 Å². The number of anilines is 1. The summed E-state index contributed by atoms with van der Waals surface area (Å²) >= 11 is 0. The Morgan fingerprint density at radius 2 is 1.87 bits per heavy atom. The first-order valence-electron chi connectivity index (χ1n) is 11.9. The molecule has 0 aromatic carbocycles. The Morgan fingerprint density at radius 1 is 1.19 bits per heavy atom. The van der Waals surface area contributed by atoms with Gasteiger partial charge in [-0.2, -0.15) is 0 Å². The van der Waals surface area contributed by atoms with Gasteiger partial charge in [-0.3, -0.25) is 9.78 Å². The van der Waals surface area contributed by atoms with Crippen LogP contribution < -0.4 is 15.5 Å². The maximum atomic E-state index is 12.6. The highest BCUT2D eigenvalue weighted by Gasteiger charge is 2.39. The molecule has 1 saturated carbocycles. The number of pyridine rings is 1. The highest BCUT2D eigenvalue weighted by Crippen LogP contribution is 2.46. The number of ether oxygens (including phenoxy) is 1. The molecule has 2 aliphatic rings. The Labute approximate surface area is 186 Å². The summed E-state index contributed by atoms with van der Waals surface area (Å²) in [5.74, 6) is 0.213. The Bertz CT molecular complexity index is 694. The lowest BCUT2D eigenvalue weighted by Crippen LogP contribution is -2.46. The molecule has 7 nitrogen and oxygen atoms in total. The van der Waals surface area contributed by atoms with Crippen molar-refractivity contribution in [1.29, 1.82) is 0 Å². The lowest BCUT2D eigenvalue weighted by molar-refractivity contribution is -0.127. The van der Waals surface area contributed by atoms with Gasteiger partial charge in [-0.25, -0.2) is 4.79 Å². The number of carbonyl (C=O) groups is 2. The largest absolute Gasteiger partial charge is 0.450 e. The average molecular weight is 431 g/mol. The van der Waals surface area contributed by atoms with Gasteiger partial charge < -0.3 is 20.3 Å². The minimum Gasteiger partial charge on any atom is -0.450 e. The second-order valence-electron chi connectivity index (χ2n) is 9.25. The van der Waals surface area contributed by atoms with Gasteiger partial charge >= 0.3 is 6.09 Å². The molecule has 2 N–H and O–H groups in total. The van der Waals surface area contributed by atoms with Gasteiger partial charge in [-0.1, -0.05) is 13.3 Å². The molecule has 1 atom stereocenters. The quantitative estimate of drug-likeness (QED) is 0.612. The summed E-state index contributed by atoms with van der Waals surface area (Å²) in [6.45, 7) is 6.97. The van der Waals surface area contributed by atoms with Gasteiger partial charge in [0.25, 0.3) is 0 Å². The van der Waals surface area contributed by atoms with E-state index in [-0.39, 0.29) is 17.9 Å². The number of nitrogens with zero attached hydrogens (tertiary/aromatic N) is 2. The van der Waals surface area contributed by atoms with E-state index in [1.807, 2.05) is 19.3 Å². The minimum atomic E-state index is -0.409. The Morgan fingerprint density at radius 3 is 2.52 bits per heavy atom. The SMILES string of the molecule is CCCCOC(=O)N[C@H](C)CNC(=O)C1CCC2(CC1)CCN(c1ccncc1)CC2. The van der Waals surface area contributed by atoms with Gasteiger partial charge in [0.15, 0.2) is 0 Å². The van der Waals surface area contributed by atoms with Crippen LogP contribution in [0, 0.1) is 11.3 Å². The third kappa shape index (κ3) is 6.84. The molecule has 1 aromatic rings. The number of unbranched alkanes of at least 4 members (excludes halogenated alkanes) is 1. The van der Waals surface area contributed by atoms with Crippen molar-refractivity contribution in [2.75, 3.05) is 31.1 Å². The maximum absolute atomic E-state index is 12.6. The molecule has 0 radical (unpaired) electrons. The van der Waals surface area contributed by atoms with Crippen molar-refractivity contribution in [3.05, 3.63) is 24.5 Å². The first-order valence-corrected chi connectivity index (χ1v) is 11.9. The molecule has 7 heteroatoms. The van der Waals surface area contributed by atoms with E-state index in [0.29, 0.717) is 18.6 Å².